The first-order chi connectivity index (χ1) is 18.7. The van der Waals surface area contributed by atoms with E-state index in [1.807, 2.05) is 31.2 Å². The Kier molecular flexibility index (Phi) is 15.3. The second-order valence-corrected chi connectivity index (χ2v) is 10.6. The lowest BCUT2D eigenvalue weighted by Crippen LogP contribution is -2.50. The molecule has 4 atom stereocenters. The van der Waals surface area contributed by atoms with E-state index in [1.54, 1.807) is 82.6 Å². The number of ether oxygens (including phenoxy) is 6. The highest BCUT2D eigenvalue weighted by Gasteiger charge is 2.39. The van der Waals surface area contributed by atoms with E-state index in [4.69, 9.17) is 34.6 Å². The molecule has 0 aliphatic carbocycles. The second-order valence-electron chi connectivity index (χ2n) is 8.45. The number of methoxy groups -OCH3 is 4. The van der Waals surface area contributed by atoms with Gasteiger partial charge in [-0.15, -0.1) is 0 Å². The van der Waals surface area contributed by atoms with E-state index in [-0.39, 0.29) is 22.3 Å². The molecule has 218 valence electrons. The summed E-state index contributed by atoms with van der Waals surface area (Å²) in [7, 11) is 6.09. The molecule has 39 heavy (non-hydrogen) atoms. The smallest absolute Gasteiger partial charge is 0.226 e. The summed E-state index contributed by atoms with van der Waals surface area (Å²) in [5, 5.41) is 9.72. The molecule has 1 heterocycles. The third-order valence-corrected chi connectivity index (χ3v) is 7.42. The molecule has 10 nitrogen and oxygen atoms in total. The fourth-order valence-corrected chi connectivity index (χ4v) is 5.77. The first-order valence-corrected chi connectivity index (χ1v) is 14.6. The van der Waals surface area contributed by atoms with E-state index >= 15 is 0 Å². The van der Waals surface area contributed by atoms with Gasteiger partial charge in [0, 0.05) is 41.7 Å². The third-order valence-electron chi connectivity index (χ3n) is 5.94. The Labute approximate surface area is 270 Å². The maximum atomic E-state index is 12.1. The molecule has 2 aromatic carbocycles. The van der Waals surface area contributed by atoms with Crippen LogP contribution in [0.2, 0.25) is 0 Å². The number of aliphatic hydroxyl groups is 1. The standard InChI is InChI=1S/C19H21IO5.C7H12I2O5/c1-11-7-6-8-13(9-11)10-25-18-15(22-3)12(2)14(19(20)21)16(23-4)17(18)24-5;1-11-6-2-4(10)7(14-9)5(13-6)3-12-8/h6-9H,10H2,1-5H3;4-7,10H,2-3H2,1H3/t;4?,5-,6+,7+/m.1/s1. The number of benzene rings is 2. The highest BCUT2D eigenvalue weighted by molar-refractivity contribution is 14.1. The van der Waals surface area contributed by atoms with Crippen molar-refractivity contribution >= 4 is 72.4 Å². The van der Waals surface area contributed by atoms with Gasteiger partial charge in [0.2, 0.25) is 15.3 Å². The molecular formula is C26H33I3O10. The van der Waals surface area contributed by atoms with Gasteiger partial charge >= 0.3 is 0 Å². The van der Waals surface area contributed by atoms with E-state index in [0.29, 0.717) is 53.8 Å². The van der Waals surface area contributed by atoms with Crippen LogP contribution < -0.4 is 18.9 Å². The number of aliphatic hydroxyl groups excluding tert-OH is 1. The molecule has 0 saturated carbocycles. The summed E-state index contributed by atoms with van der Waals surface area (Å²) >= 11 is 5.26. The Morgan fingerprint density at radius 1 is 1.03 bits per heavy atom. The van der Waals surface area contributed by atoms with Crippen LogP contribution in [-0.2, 0) is 22.2 Å². The lowest BCUT2D eigenvalue weighted by Gasteiger charge is -2.36. The number of aryl methyl sites for hydroxylation is 1. The largest absolute Gasteiger partial charge is 0.492 e. The molecule has 0 amide bonds. The second kappa shape index (κ2) is 17.3. The summed E-state index contributed by atoms with van der Waals surface area (Å²) in [5.41, 5.74) is 3.24. The molecule has 0 bridgehead atoms. The van der Waals surface area contributed by atoms with Gasteiger partial charge in [0.1, 0.15) is 64.8 Å². The summed E-state index contributed by atoms with van der Waals surface area (Å²) in [4.78, 5) is 12.1. The van der Waals surface area contributed by atoms with Crippen LogP contribution in [0, 0.1) is 13.8 Å². The van der Waals surface area contributed by atoms with Crippen molar-refractivity contribution < 1.29 is 44.5 Å². The van der Waals surface area contributed by atoms with Gasteiger partial charge in [-0.05, 0) is 19.4 Å². The van der Waals surface area contributed by atoms with Crippen LogP contribution in [0.3, 0.4) is 0 Å². The first kappa shape index (κ1) is 34.5. The lowest BCUT2D eigenvalue weighted by atomic mass is 10.0. The summed E-state index contributed by atoms with van der Waals surface area (Å²) in [6.07, 6.45) is -1.21. The highest BCUT2D eigenvalue weighted by atomic mass is 127. The number of rotatable bonds is 11. The summed E-state index contributed by atoms with van der Waals surface area (Å²) in [5.74, 6) is 1.57. The molecular weight excluding hydrogens is 853 g/mol. The van der Waals surface area contributed by atoms with Gasteiger partial charge in [0.25, 0.3) is 0 Å². The highest BCUT2D eigenvalue weighted by Crippen LogP contribution is 2.50. The lowest BCUT2D eigenvalue weighted by molar-refractivity contribution is -0.235. The minimum Gasteiger partial charge on any atom is -0.492 e. The maximum Gasteiger partial charge on any atom is 0.226 e. The van der Waals surface area contributed by atoms with Gasteiger partial charge in [0.05, 0.1) is 39.6 Å². The summed E-state index contributed by atoms with van der Waals surface area (Å²) in [6, 6.07) is 8.04. The van der Waals surface area contributed by atoms with E-state index in [0.717, 1.165) is 11.1 Å². The van der Waals surface area contributed by atoms with E-state index in [9.17, 15) is 9.90 Å². The quantitative estimate of drug-likeness (QED) is 0.223. The minimum atomic E-state index is -0.581. The monoisotopic (exact) mass is 886 g/mol. The summed E-state index contributed by atoms with van der Waals surface area (Å²) < 4.78 is 42.9. The van der Waals surface area contributed by atoms with Crippen LogP contribution in [0.1, 0.15) is 33.5 Å². The van der Waals surface area contributed by atoms with Crippen molar-refractivity contribution in [2.75, 3.05) is 35.0 Å². The van der Waals surface area contributed by atoms with E-state index in [2.05, 4.69) is 0 Å². The Morgan fingerprint density at radius 2 is 1.69 bits per heavy atom. The molecule has 1 saturated heterocycles. The predicted molar refractivity (Wildman–Crippen MR) is 170 cm³/mol. The van der Waals surface area contributed by atoms with Gasteiger partial charge in [0.15, 0.2) is 17.8 Å². The fourth-order valence-electron chi connectivity index (χ4n) is 4.10. The number of halogens is 3. The molecule has 1 aliphatic heterocycles. The number of carbonyl (C=O) groups is 1. The molecule has 13 heteroatoms. The average Bonchev–Trinajstić information content (AvgIpc) is 2.91. The molecule has 1 N–H and O–H groups in total. The van der Waals surface area contributed by atoms with Crippen molar-refractivity contribution in [1.29, 1.82) is 0 Å². The van der Waals surface area contributed by atoms with E-state index in [1.165, 1.54) is 21.3 Å². The van der Waals surface area contributed by atoms with Crippen LogP contribution in [-0.4, -0.2) is 68.5 Å². The molecule has 0 radical (unpaired) electrons. The normalized spacial score (nSPS) is 20.5. The van der Waals surface area contributed by atoms with Crippen molar-refractivity contribution in [2.24, 2.45) is 0 Å². The predicted octanol–water partition coefficient (Wildman–Crippen LogP) is 5.69. The number of carbonyl (C=O) groups excluding carboxylic acids is 1. The Morgan fingerprint density at radius 3 is 2.21 bits per heavy atom. The van der Waals surface area contributed by atoms with Crippen molar-refractivity contribution in [3.8, 4) is 23.0 Å². The number of hydrogen-bond acceptors (Lipinski definition) is 10. The van der Waals surface area contributed by atoms with Gasteiger partial charge < -0.3 is 39.7 Å². The van der Waals surface area contributed by atoms with Crippen molar-refractivity contribution in [2.45, 2.75) is 51.5 Å². The Hall–Kier alpha value is -0.700. The fraction of sp³-hybridized carbons (Fsp3) is 0.500. The molecule has 3 rings (SSSR count). The zero-order chi connectivity index (χ0) is 29.1. The minimum absolute atomic E-state index is 0.159. The van der Waals surface area contributed by atoms with Crippen LogP contribution in [0.15, 0.2) is 24.3 Å². The molecule has 0 aromatic heterocycles. The van der Waals surface area contributed by atoms with Crippen molar-refractivity contribution in [1.82, 2.24) is 0 Å². The van der Waals surface area contributed by atoms with Crippen LogP contribution in [0.25, 0.3) is 0 Å². The maximum absolute atomic E-state index is 12.1. The SMILES string of the molecule is CO[C@@H]1CC(O)[C@H](OI)[C@@H](COI)O1.COc1c(C)c(C(=O)I)c(OC)c(OC)c1OCc1cccc(C)c1. The summed E-state index contributed by atoms with van der Waals surface area (Å²) in [6.45, 7) is 4.53. The molecule has 1 aliphatic rings. The van der Waals surface area contributed by atoms with Crippen LogP contribution >= 0.6 is 68.6 Å². The van der Waals surface area contributed by atoms with Gasteiger partial charge in [-0.25, -0.2) is 0 Å². The van der Waals surface area contributed by atoms with Crippen LogP contribution in [0.4, 0.5) is 0 Å². The molecule has 1 unspecified atom stereocenters. The first-order valence-electron chi connectivity index (χ1n) is 11.7. The molecule has 0 spiro atoms. The topological polar surface area (TPSA) is 111 Å². The Bertz CT molecular complexity index is 1080. The third kappa shape index (κ3) is 9.14. The molecule has 1 fully saturated rings. The Balaban J connectivity index is 0.000000322. The van der Waals surface area contributed by atoms with Crippen molar-refractivity contribution in [3.05, 3.63) is 46.5 Å². The molecule has 2 aromatic rings. The zero-order valence-electron chi connectivity index (χ0n) is 22.5. The van der Waals surface area contributed by atoms with Gasteiger partial charge in [-0.3, -0.25) is 4.79 Å². The zero-order valence-corrected chi connectivity index (χ0v) is 29.0. The van der Waals surface area contributed by atoms with Gasteiger partial charge in [-0.1, -0.05) is 29.8 Å². The average molecular weight is 886 g/mol. The van der Waals surface area contributed by atoms with Crippen molar-refractivity contribution in [3.63, 3.8) is 0 Å². The van der Waals surface area contributed by atoms with Gasteiger partial charge in [-0.2, -0.15) is 0 Å². The number of hydrogen-bond donors (Lipinski definition) is 1. The van der Waals surface area contributed by atoms with Crippen LogP contribution in [0.5, 0.6) is 23.0 Å². The van der Waals surface area contributed by atoms with E-state index < -0.39 is 6.10 Å².